The molecule has 18 heavy (non-hydrogen) atoms. The van der Waals surface area contributed by atoms with Gasteiger partial charge in [-0.2, -0.15) is 11.8 Å². The molecule has 0 aliphatic carbocycles. The molecule has 0 radical (unpaired) electrons. The van der Waals surface area contributed by atoms with Crippen LogP contribution in [0.5, 0.6) is 5.75 Å². The van der Waals surface area contributed by atoms with Crippen LogP contribution >= 0.6 is 11.8 Å². The van der Waals surface area contributed by atoms with Crippen molar-refractivity contribution in [3.8, 4) is 5.75 Å². The molecule has 1 aromatic carbocycles. The van der Waals surface area contributed by atoms with Gasteiger partial charge in [0, 0.05) is 25.0 Å². The van der Waals surface area contributed by atoms with Crippen molar-refractivity contribution in [2.45, 2.75) is 13.0 Å². The van der Waals surface area contributed by atoms with E-state index in [-0.39, 0.29) is 11.9 Å². The van der Waals surface area contributed by atoms with Crippen molar-refractivity contribution >= 4 is 17.7 Å². The summed E-state index contributed by atoms with van der Waals surface area (Å²) in [7, 11) is 1.66. The number of ether oxygens (including phenoxy) is 1. The Morgan fingerprint density at radius 3 is 2.78 bits per heavy atom. The number of hydrogen-bond acceptors (Lipinski definition) is 4. The van der Waals surface area contributed by atoms with Crippen LogP contribution in [0.4, 0.5) is 0 Å². The van der Waals surface area contributed by atoms with Crippen molar-refractivity contribution in [1.82, 2.24) is 10.4 Å². The molecule has 0 bridgehead atoms. The van der Waals surface area contributed by atoms with Crippen LogP contribution in [-0.4, -0.2) is 36.1 Å². The van der Waals surface area contributed by atoms with Gasteiger partial charge in [0.25, 0.3) is 0 Å². The van der Waals surface area contributed by atoms with Gasteiger partial charge in [-0.15, -0.1) is 0 Å². The van der Waals surface area contributed by atoms with Crippen molar-refractivity contribution in [1.29, 1.82) is 0 Å². The Morgan fingerprint density at radius 1 is 1.44 bits per heavy atom. The van der Waals surface area contributed by atoms with E-state index >= 15 is 0 Å². The van der Waals surface area contributed by atoms with Gasteiger partial charge >= 0.3 is 0 Å². The SMILES string of the molecule is COc1ccc(C2CSCCN2NC(C)=O)cc1. The summed E-state index contributed by atoms with van der Waals surface area (Å²) in [6, 6.07) is 8.27. The highest BCUT2D eigenvalue weighted by atomic mass is 32.2. The first kappa shape index (κ1) is 13.2. The van der Waals surface area contributed by atoms with Gasteiger partial charge in [-0.3, -0.25) is 10.2 Å². The van der Waals surface area contributed by atoms with Crippen LogP contribution in [0.15, 0.2) is 24.3 Å². The van der Waals surface area contributed by atoms with E-state index in [1.54, 1.807) is 14.0 Å². The van der Waals surface area contributed by atoms with Crippen LogP contribution in [0.2, 0.25) is 0 Å². The summed E-state index contributed by atoms with van der Waals surface area (Å²) < 4.78 is 5.16. The van der Waals surface area contributed by atoms with E-state index in [1.165, 1.54) is 5.56 Å². The lowest BCUT2D eigenvalue weighted by molar-refractivity contribution is -0.124. The van der Waals surface area contributed by atoms with Crippen LogP contribution in [0.3, 0.4) is 0 Å². The van der Waals surface area contributed by atoms with Gasteiger partial charge in [0.05, 0.1) is 13.2 Å². The quantitative estimate of drug-likeness (QED) is 0.906. The van der Waals surface area contributed by atoms with E-state index in [4.69, 9.17) is 4.74 Å². The van der Waals surface area contributed by atoms with Crippen molar-refractivity contribution in [3.63, 3.8) is 0 Å². The second kappa shape index (κ2) is 6.11. The molecule has 1 aliphatic rings. The lowest BCUT2D eigenvalue weighted by Gasteiger charge is -2.35. The van der Waals surface area contributed by atoms with Crippen molar-refractivity contribution in [2.24, 2.45) is 0 Å². The summed E-state index contributed by atoms with van der Waals surface area (Å²) in [6.45, 7) is 2.42. The average molecular weight is 266 g/mol. The molecule has 1 unspecified atom stereocenters. The normalized spacial score (nSPS) is 20.4. The number of carbonyl (C=O) groups is 1. The molecule has 1 atom stereocenters. The van der Waals surface area contributed by atoms with E-state index in [1.807, 2.05) is 28.9 Å². The van der Waals surface area contributed by atoms with Gasteiger partial charge in [-0.1, -0.05) is 12.1 Å². The maximum atomic E-state index is 11.2. The molecular weight excluding hydrogens is 248 g/mol. The topological polar surface area (TPSA) is 41.6 Å². The molecule has 1 heterocycles. The summed E-state index contributed by atoms with van der Waals surface area (Å²) in [5.41, 5.74) is 4.11. The Kier molecular flexibility index (Phi) is 4.49. The van der Waals surface area contributed by atoms with E-state index in [9.17, 15) is 4.79 Å². The fraction of sp³-hybridized carbons (Fsp3) is 0.462. The van der Waals surface area contributed by atoms with Gasteiger partial charge in [-0.25, -0.2) is 5.01 Å². The Morgan fingerprint density at radius 2 is 2.17 bits per heavy atom. The first-order valence-electron chi connectivity index (χ1n) is 5.96. The summed E-state index contributed by atoms with van der Waals surface area (Å²) in [6.07, 6.45) is 0. The fourth-order valence-corrected chi connectivity index (χ4v) is 3.13. The molecule has 1 amide bonds. The molecule has 1 aliphatic heterocycles. The van der Waals surface area contributed by atoms with Crippen LogP contribution < -0.4 is 10.2 Å². The van der Waals surface area contributed by atoms with Gasteiger partial charge in [0.15, 0.2) is 0 Å². The molecule has 98 valence electrons. The third-order valence-corrected chi connectivity index (χ3v) is 3.95. The molecule has 1 N–H and O–H groups in total. The van der Waals surface area contributed by atoms with E-state index < -0.39 is 0 Å². The molecule has 0 saturated carbocycles. The van der Waals surface area contributed by atoms with Crippen molar-refractivity contribution in [2.75, 3.05) is 25.2 Å². The van der Waals surface area contributed by atoms with E-state index in [2.05, 4.69) is 17.6 Å². The Bertz CT molecular complexity index is 408. The zero-order valence-electron chi connectivity index (χ0n) is 10.7. The molecule has 1 saturated heterocycles. The number of nitrogens with zero attached hydrogens (tertiary/aromatic N) is 1. The third-order valence-electron chi connectivity index (χ3n) is 2.93. The first-order valence-corrected chi connectivity index (χ1v) is 7.11. The maximum Gasteiger partial charge on any atom is 0.231 e. The smallest absolute Gasteiger partial charge is 0.231 e. The molecular formula is C13H18N2O2S. The molecule has 2 rings (SSSR count). The predicted molar refractivity (Wildman–Crippen MR) is 73.6 cm³/mol. The second-order valence-electron chi connectivity index (χ2n) is 4.23. The molecule has 1 fully saturated rings. The van der Waals surface area contributed by atoms with Crippen LogP contribution in [-0.2, 0) is 4.79 Å². The van der Waals surface area contributed by atoms with Crippen LogP contribution in [0.25, 0.3) is 0 Å². The Balaban J connectivity index is 2.13. The van der Waals surface area contributed by atoms with E-state index in [0.29, 0.717) is 0 Å². The largest absolute Gasteiger partial charge is 0.497 e. The predicted octanol–water partition coefficient (Wildman–Crippen LogP) is 1.84. The van der Waals surface area contributed by atoms with Crippen molar-refractivity contribution < 1.29 is 9.53 Å². The minimum Gasteiger partial charge on any atom is -0.497 e. The summed E-state index contributed by atoms with van der Waals surface area (Å²) in [4.78, 5) is 11.2. The number of hydrogen-bond donors (Lipinski definition) is 1. The minimum atomic E-state index is -0.0135. The summed E-state index contributed by atoms with van der Waals surface area (Å²) >= 11 is 1.91. The van der Waals surface area contributed by atoms with Crippen molar-refractivity contribution in [3.05, 3.63) is 29.8 Å². The standard InChI is InChI=1S/C13H18N2O2S/c1-10(16)14-15-7-8-18-9-13(15)11-3-5-12(17-2)6-4-11/h3-6,13H,7-9H2,1-2H3,(H,14,16). The number of methoxy groups -OCH3 is 1. The highest BCUT2D eigenvalue weighted by Crippen LogP contribution is 2.29. The second-order valence-corrected chi connectivity index (χ2v) is 5.38. The highest BCUT2D eigenvalue weighted by molar-refractivity contribution is 7.99. The Labute approximate surface area is 112 Å². The number of benzene rings is 1. The summed E-state index contributed by atoms with van der Waals surface area (Å²) in [5.74, 6) is 2.88. The third kappa shape index (κ3) is 3.17. The molecule has 0 aromatic heterocycles. The van der Waals surface area contributed by atoms with Gasteiger partial charge in [0.2, 0.25) is 5.91 Å². The number of thioether (sulfide) groups is 1. The minimum absolute atomic E-state index is 0.0135. The van der Waals surface area contributed by atoms with Crippen LogP contribution in [0.1, 0.15) is 18.5 Å². The van der Waals surface area contributed by atoms with E-state index in [0.717, 1.165) is 23.8 Å². The van der Waals surface area contributed by atoms with Gasteiger partial charge in [0.1, 0.15) is 5.75 Å². The number of amides is 1. The fourth-order valence-electron chi connectivity index (χ4n) is 2.04. The average Bonchev–Trinajstić information content (AvgIpc) is 2.39. The first-order chi connectivity index (χ1) is 8.70. The monoisotopic (exact) mass is 266 g/mol. The number of hydrazine groups is 1. The van der Waals surface area contributed by atoms with Gasteiger partial charge in [-0.05, 0) is 17.7 Å². The summed E-state index contributed by atoms with van der Waals surface area (Å²) in [5, 5.41) is 2.03. The maximum absolute atomic E-state index is 11.2. The molecule has 0 spiro atoms. The van der Waals surface area contributed by atoms with Crippen LogP contribution in [0, 0.1) is 0 Å². The molecule has 5 heteroatoms. The lowest BCUT2D eigenvalue weighted by atomic mass is 10.1. The zero-order chi connectivity index (χ0) is 13.0. The number of nitrogens with one attached hydrogen (secondary N) is 1. The Hall–Kier alpha value is -1.20. The number of rotatable bonds is 3. The molecule has 4 nitrogen and oxygen atoms in total. The zero-order valence-corrected chi connectivity index (χ0v) is 11.5. The highest BCUT2D eigenvalue weighted by Gasteiger charge is 2.24. The van der Waals surface area contributed by atoms with Gasteiger partial charge < -0.3 is 4.74 Å². The molecule has 1 aromatic rings. The lowest BCUT2D eigenvalue weighted by Crippen LogP contribution is -2.47. The number of carbonyl (C=O) groups excluding carboxylic acids is 1.